The number of nitrogens with zero attached hydrogens (tertiary/aromatic N) is 1. The summed E-state index contributed by atoms with van der Waals surface area (Å²) in [4.78, 5) is 40.3. The zero-order chi connectivity index (χ0) is 23.5. The molecule has 0 aliphatic carbocycles. The van der Waals surface area contributed by atoms with Crippen molar-refractivity contribution in [1.82, 2.24) is 9.55 Å². The number of para-hydroxylation sites is 1. The fourth-order valence-electron chi connectivity index (χ4n) is 3.56. The first-order valence-corrected chi connectivity index (χ1v) is 11.4. The van der Waals surface area contributed by atoms with Crippen molar-refractivity contribution < 1.29 is 9.53 Å². The first-order valence-electron chi connectivity index (χ1n) is 10.5. The van der Waals surface area contributed by atoms with Crippen molar-refractivity contribution in [2.75, 3.05) is 5.32 Å². The molecule has 1 amide bonds. The van der Waals surface area contributed by atoms with Crippen LogP contribution in [0.1, 0.15) is 5.56 Å². The normalized spacial score (nSPS) is 10.8. The van der Waals surface area contributed by atoms with Crippen molar-refractivity contribution in [3.05, 3.63) is 117 Å². The number of carbonyl (C=O) groups is 1. The number of H-pyrrole nitrogens is 1. The number of aromatic amines is 1. The van der Waals surface area contributed by atoms with Gasteiger partial charge >= 0.3 is 5.69 Å². The Morgan fingerprint density at radius 3 is 2.32 bits per heavy atom. The van der Waals surface area contributed by atoms with Gasteiger partial charge in [0.2, 0.25) is 5.91 Å². The molecule has 0 atom stereocenters. The largest absolute Gasteiger partial charge is 0.457 e. The van der Waals surface area contributed by atoms with E-state index < -0.39 is 5.69 Å². The minimum absolute atomic E-state index is 0.151. The summed E-state index contributed by atoms with van der Waals surface area (Å²) in [6.07, 6.45) is 0.151. The molecule has 0 fully saturated rings. The number of aromatic nitrogens is 2. The van der Waals surface area contributed by atoms with Crippen LogP contribution in [0.5, 0.6) is 11.5 Å². The topological polar surface area (TPSA) is 93.2 Å². The number of nitrogens with one attached hydrogen (secondary N) is 2. The molecule has 2 heterocycles. The van der Waals surface area contributed by atoms with Crippen LogP contribution in [-0.4, -0.2) is 15.5 Å². The Hall–Kier alpha value is -4.43. The van der Waals surface area contributed by atoms with E-state index >= 15 is 0 Å². The molecule has 34 heavy (non-hydrogen) atoms. The molecule has 168 valence electrons. The molecule has 0 bridgehead atoms. The van der Waals surface area contributed by atoms with E-state index in [-0.39, 0.29) is 17.9 Å². The SMILES string of the molecule is O=C(Cc1ccc(-n2c(=O)[nH]c3ccsc3c2=O)cc1)Nc1ccc(Oc2ccccc2)cc1. The van der Waals surface area contributed by atoms with Crippen LogP contribution in [-0.2, 0) is 11.2 Å². The quantitative estimate of drug-likeness (QED) is 0.377. The molecule has 8 heteroatoms. The number of benzene rings is 3. The van der Waals surface area contributed by atoms with Gasteiger partial charge in [0.25, 0.3) is 5.56 Å². The van der Waals surface area contributed by atoms with Gasteiger partial charge in [-0.2, -0.15) is 0 Å². The third-order valence-corrected chi connectivity index (χ3v) is 6.09. The number of amides is 1. The summed E-state index contributed by atoms with van der Waals surface area (Å²) in [5.74, 6) is 1.23. The van der Waals surface area contributed by atoms with Gasteiger partial charge in [-0.05, 0) is 65.5 Å². The third kappa shape index (κ3) is 4.53. The van der Waals surface area contributed by atoms with E-state index in [2.05, 4.69) is 10.3 Å². The summed E-state index contributed by atoms with van der Waals surface area (Å²) in [5, 5.41) is 4.62. The molecule has 5 aromatic rings. The van der Waals surface area contributed by atoms with Crippen LogP contribution in [0.25, 0.3) is 15.9 Å². The van der Waals surface area contributed by atoms with Crippen molar-refractivity contribution >= 4 is 33.1 Å². The maximum Gasteiger partial charge on any atom is 0.333 e. The van der Waals surface area contributed by atoms with Crippen molar-refractivity contribution in [3.8, 4) is 17.2 Å². The average molecular weight is 470 g/mol. The Bertz CT molecular complexity index is 1570. The summed E-state index contributed by atoms with van der Waals surface area (Å²) < 4.78 is 7.34. The van der Waals surface area contributed by atoms with Gasteiger partial charge in [-0.1, -0.05) is 30.3 Å². The van der Waals surface area contributed by atoms with Gasteiger partial charge in [-0.15, -0.1) is 11.3 Å². The highest BCUT2D eigenvalue weighted by molar-refractivity contribution is 7.17. The van der Waals surface area contributed by atoms with Crippen LogP contribution in [0.2, 0.25) is 0 Å². The molecule has 0 saturated heterocycles. The predicted octanol–water partition coefficient (Wildman–Crippen LogP) is 4.71. The number of thiophene rings is 1. The lowest BCUT2D eigenvalue weighted by atomic mass is 10.1. The third-order valence-electron chi connectivity index (χ3n) is 5.18. The molecule has 2 aromatic heterocycles. The number of carbonyl (C=O) groups excluding carboxylic acids is 1. The monoisotopic (exact) mass is 469 g/mol. The van der Waals surface area contributed by atoms with Gasteiger partial charge in [0.05, 0.1) is 17.6 Å². The standard InChI is InChI=1S/C26H19N3O4S/c30-23(27-18-8-12-21(13-9-18)33-20-4-2-1-3-5-20)16-17-6-10-19(11-7-17)29-25(31)24-22(14-15-34-24)28-26(29)32/h1-15H,16H2,(H,27,30)(H,28,32). The fourth-order valence-corrected chi connectivity index (χ4v) is 4.34. The van der Waals surface area contributed by atoms with E-state index in [1.54, 1.807) is 60.0 Å². The van der Waals surface area contributed by atoms with E-state index in [4.69, 9.17) is 4.74 Å². The van der Waals surface area contributed by atoms with Crippen LogP contribution < -0.4 is 21.3 Å². The molecule has 0 spiro atoms. The van der Waals surface area contributed by atoms with Crippen LogP contribution in [0.4, 0.5) is 5.69 Å². The molecule has 2 N–H and O–H groups in total. The predicted molar refractivity (Wildman–Crippen MR) is 133 cm³/mol. The highest BCUT2D eigenvalue weighted by Crippen LogP contribution is 2.22. The van der Waals surface area contributed by atoms with Gasteiger partial charge in [-0.25, -0.2) is 9.36 Å². The smallest absolute Gasteiger partial charge is 0.333 e. The van der Waals surface area contributed by atoms with E-state index in [0.29, 0.717) is 27.3 Å². The second kappa shape index (κ2) is 9.21. The van der Waals surface area contributed by atoms with Gasteiger partial charge in [-0.3, -0.25) is 9.59 Å². The lowest BCUT2D eigenvalue weighted by Gasteiger charge is -2.09. The van der Waals surface area contributed by atoms with Gasteiger partial charge in [0, 0.05) is 5.69 Å². The lowest BCUT2D eigenvalue weighted by Crippen LogP contribution is -2.32. The van der Waals surface area contributed by atoms with E-state index in [9.17, 15) is 14.4 Å². The summed E-state index contributed by atoms with van der Waals surface area (Å²) in [5.41, 5.74) is 1.53. The zero-order valence-corrected chi connectivity index (χ0v) is 18.7. The number of hydrogen-bond donors (Lipinski definition) is 2. The van der Waals surface area contributed by atoms with Crippen molar-refractivity contribution in [1.29, 1.82) is 0 Å². The molecule has 0 unspecified atom stereocenters. The summed E-state index contributed by atoms with van der Waals surface area (Å²) >= 11 is 1.28. The average Bonchev–Trinajstić information content (AvgIpc) is 3.31. The molecule has 3 aromatic carbocycles. The molecule has 7 nitrogen and oxygen atoms in total. The van der Waals surface area contributed by atoms with E-state index in [1.165, 1.54) is 11.3 Å². The maximum absolute atomic E-state index is 12.7. The first-order chi connectivity index (χ1) is 16.6. The number of ether oxygens (including phenoxy) is 1. The van der Waals surface area contributed by atoms with Crippen LogP contribution in [0.3, 0.4) is 0 Å². The Morgan fingerprint density at radius 1 is 0.882 bits per heavy atom. The maximum atomic E-state index is 12.7. The summed E-state index contributed by atoms with van der Waals surface area (Å²) in [7, 11) is 0. The molecular weight excluding hydrogens is 450 g/mol. The summed E-state index contributed by atoms with van der Waals surface area (Å²) in [6.45, 7) is 0. The van der Waals surface area contributed by atoms with Gasteiger partial charge in [0.15, 0.2) is 0 Å². The lowest BCUT2D eigenvalue weighted by molar-refractivity contribution is -0.115. The van der Waals surface area contributed by atoms with Gasteiger partial charge in [0.1, 0.15) is 16.2 Å². The number of hydrogen-bond acceptors (Lipinski definition) is 5. The van der Waals surface area contributed by atoms with Crippen molar-refractivity contribution in [3.63, 3.8) is 0 Å². The van der Waals surface area contributed by atoms with Crippen molar-refractivity contribution in [2.24, 2.45) is 0 Å². The molecule has 5 rings (SSSR count). The number of fused-ring (bicyclic) bond motifs is 1. The number of anilines is 1. The first kappa shape index (κ1) is 21.4. The second-order valence-corrected chi connectivity index (χ2v) is 8.48. The minimum Gasteiger partial charge on any atom is -0.457 e. The van der Waals surface area contributed by atoms with E-state index in [0.717, 1.165) is 15.9 Å². The molecular formula is C26H19N3O4S. The Morgan fingerprint density at radius 2 is 1.59 bits per heavy atom. The Kier molecular flexibility index (Phi) is 5.80. The highest BCUT2D eigenvalue weighted by atomic mass is 32.1. The molecule has 0 aliphatic heterocycles. The second-order valence-electron chi connectivity index (χ2n) is 7.57. The van der Waals surface area contributed by atoms with Crippen LogP contribution in [0.15, 0.2) is 99.9 Å². The van der Waals surface area contributed by atoms with Gasteiger partial charge < -0.3 is 15.0 Å². The fraction of sp³-hybridized carbons (Fsp3) is 0.0385. The minimum atomic E-state index is -0.499. The number of rotatable bonds is 6. The van der Waals surface area contributed by atoms with Crippen LogP contribution in [0, 0.1) is 0 Å². The summed E-state index contributed by atoms with van der Waals surface area (Å²) in [6, 6.07) is 25.1. The molecule has 0 radical (unpaired) electrons. The Labute approximate surface area is 197 Å². The molecule has 0 aliphatic rings. The van der Waals surface area contributed by atoms with Crippen molar-refractivity contribution in [2.45, 2.75) is 6.42 Å². The van der Waals surface area contributed by atoms with Crippen LogP contribution >= 0.6 is 11.3 Å². The highest BCUT2D eigenvalue weighted by Gasteiger charge is 2.11. The Balaban J connectivity index is 1.24. The van der Waals surface area contributed by atoms with E-state index in [1.807, 2.05) is 30.3 Å². The molecule has 0 saturated carbocycles. The zero-order valence-electron chi connectivity index (χ0n) is 17.9.